The number of hydrogen-bond donors (Lipinski definition) is 0. The second kappa shape index (κ2) is 6.89. The molecule has 0 bridgehead atoms. The van der Waals surface area contributed by atoms with Gasteiger partial charge in [0.05, 0.1) is 0 Å². The van der Waals surface area contributed by atoms with Crippen LogP contribution in [0, 0.1) is 13.8 Å². The van der Waals surface area contributed by atoms with Crippen molar-refractivity contribution in [3.8, 4) is 0 Å². The first-order valence-electron chi connectivity index (χ1n) is 8.31. The lowest BCUT2D eigenvalue weighted by Gasteiger charge is -2.39. The summed E-state index contributed by atoms with van der Waals surface area (Å²) in [7, 11) is 0. The Balaban J connectivity index is 1.79. The van der Waals surface area contributed by atoms with Crippen molar-refractivity contribution in [2.45, 2.75) is 26.8 Å². The predicted octanol–water partition coefficient (Wildman–Crippen LogP) is 3.83. The molecule has 0 aromatic heterocycles. The van der Waals surface area contributed by atoms with Crippen molar-refractivity contribution < 1.29 is 9.59 Å². The van der Waals surface area contributed by atoms with Crippen LogP contribution in [0.4, 0.5) is 5.69 Å². The molecule has 5 heteroatoms. The Labute approximate surface area is 153 Å². The largest absolute Gasteiger partial charge is 0.325 e. The van der Waals surface area contributed by atoms with Crippen molar-refractivity contribution in [3.05, 3.63) is 64.2 Å². The Morgan fingerprint density at radius 3 is 2.44 bits per heavy atom. The van der Waals surface area contributed by atoms with Crippen LogP contribution in [-0.2, 0) is 4.79 Å². The number of carbonyl (C=O) groups excluding carboxylic acids is 2. The fourth-order valence-electron chi connectivity index (χ4n) is 3.04. The Kier molecular flexibility index (Phi) is 4.82. The van der Waals surface area contributed by atoms with E-state index < -0.39 is 0 Å². The summed E-state index contributed by atoms with van der Waals surface area (Å²) in [5.41, 5.74) is 3.43. The monoisotopic (exact) mass is 356 g/mol. The summed E-state index contributed by atoms with van der Waals surface area (Å²) in [6.07, 6.45) is 0. The second-order valence-corrected chi connectivity index (χ2v) is 6.99. The normalized spacial score (nSPS) is 17.8. The molecule has 0 spiro atoms. The standard InChI is InChI=1S/C20H21ClN2O2/c1-13-4-7-17(8-5-13)23-11-15(3)22(12-19(23)24)20(25)16-6-9-18(21)14(2)10-16/h4-10,15H,11-12H2,1-3H3. The molecule has 2 aromatic rings. The number of piperazine rings is 1. The minimum absolute atomic E-state index is 0.0671. The molecule has 4 nitrogen and oxygen atoms in total. The van der Waals surface area contributed by atoms with Crippen molar-refractivity contribution in [2.24, 2.45) is 0 Å². The first-order chi connectivity index (χ1) is 11.9. The molecule has 0 saturated carbocycles. The SMILES string of the molecule is Cc1ccc(N2CC(C)N(C(=O)c3ccc(Cl)c(C)c3)CC2=O)cc1. The number of anilines is 1. The topological polar surface area (TPSA) is 40.6 Å². The van der Waals surface area contributed by atoms with Gasteiger partial charge >= 0.3 is 0 Å². The molecule has 1 saturated heterocycles. The van der Waals surface area contributed by atoms with Crippen LogP contribution in [0.2, 0.25) is 5.02 Å². The summed E-state index contributed by atoms with van der Waals surface area (Å²) in [6.45, 7) is 6.41. The Hall–Kier alpha value is -2.33. The van der Waals surface area contributed by atoms with Gasteiger partial charge in [0.2, 0.25) is 5.91 Å². The van der Waals surface area contributed by atoms with Crippen molar-refractivity contribution in [1.29, 1.82) is 0 Å². The molecule has 0 radical (unpaired) electrons. The highest BCUT2D eigenvalue weighted by molar-refractivity contribution is 6.31. The van der Waals surface area contributed by atoms with Gasteiger partial charge in [-0.3, -0.25) is 9.59 Å². The van der Waals surface area contributed by atoms with Crippen molar-refractivity contribution >= 4 is 29.1 Å². The van der Waals surface area contributed by atoms with Gasteiger partial charge in [-0.2, -0.15) is 0 Å². The van der Waals surface area contributed by atoms with E-state index in [-0.39, 0.29) is 24.4 Å². The summed E-state index contributed by atoms with van der Waals surface area (Å²) in [4.78, 5) is 28.8. The zero-order valence-corrected chi connectivity index (χ0v) is 15.4. The molecule has 1 aliphatic heterocycles. The van der Waals surface area contributed by atoms with Crippen LogP contribution in [0.5, 0.6) is 0 Å². The van der Waals surface area contributed by atoms with Gasteiger partial charge < -0.3 is 9.80 Å². The van der Waals surface area contributed by atoms with Crippen LogP contribution in [0.1, 0.15) is 28.4 Å². The summed E-state index contributed by atoms with van der Waals surface area (Å²) < 4.78 is 0. The molecule has 3 rings (SSSR count). The van der Waals surface area contributed by atoms with E-state index in [1.54, 1.807) is 28.0 Å². The van der Waals surface area contributed by atoms with Gasteiger partial charge in [0.25, 0.3) is 5.91 Å². The maximum atomic E-state index is 12.8. The van der Waals surface area contributed by atoms with Crippen LogP contribution in [0.15, 0.2) is 42.5 Å². The third-order valence-electron chi connectivity index (χ3n) is 4.60. The highest BCUT2D eigenvalue weighted by Crippen LogP contribution is 2.23. The average Bonchev–Trinajstić information content (AvgIpc) is 2.59. The molecule has 1 heterocycles. The van der Waals surface area contributed by atoms with E-state index in [9.17, 15) is 9.59 Å². The van der Waals surface area contributed by atoms with E-state index >= 15 is 0 Å². The third-order valence-corrected chi connectivity index (χ3v) is 5.02. The molecule has 2 amide bonds. The second-order valence-electron chi connectivity index (χ2n) is 6.59. The van der Waals surface area contributed by atoms with E-state index in [2.05, 4.69) is 0 Å². The number of halogens is 1. The molecular weight excluding hydrogens is 336 g/mol. The number of aryl methyl sites for hydroxylation is 2. The lowest BCUT2D eigenvalue weighted by molar-refractivity contribution is -0.121. The van der Waals surface area contributed by atoms with Crippen LogP contribution in [0.25, 0.3) is 0 Å². The first kappa shape index (κ1) is 17.5. The van der Waals surface area contributed by atoms with E-state index in [1.165, 1.54) is 0 Å². The predicted molar refractivity (Wildman–Crippen MR) is 100 cm³/mol. The number of hydrogen-bond acceptors (Lipinski definition) is 2. The number of amides is 2. The number of benzene rings is 2. The highest BCUT2D eigenvalue weighted by atomic mass is 35.5. The molecule has 1 fully saturated rings. The van der Waals surface area contributed by atoms with Crippen LogP contribution < -0.4 is 4.90 Å². The quantitative estimate of drug-likeness (QED) is 0.820. The summed E-state index contributed by atoms with van der Waals surface area (Å²) in [5.74, 6) is -0.204. The number of rotatable bonds is 2. The van der Waals surface area contributed by atoms with Crippen molar-refractivity contribution in [3.63, 3.8) is 0 Å². The molecule has 2 aromatic carbocycles. The van der Waals surface area contributed by atoms with Gasteiger partial charge in [-0.05, 0) is 56.7 Å². The Morgan fingerprint density at radius 2 is 1.80 bits per heavy atom. The van der Waals surface area contributed by atoms with Crippen molar-refractivity contribution in [1.82, 2.24) is 4.90 Å². The molecular formula is C20H21ClN2O2. The maximum Gasteiger partial charge on any atom is 0.254 e. The average molecular weight is 357 g/mol. The molecule has 1 unspecified atom stereocenters. The van der Waals surface area contributed by atoms with E-state index in [4.69, 9.17) is 11.6 Å². The number of carbonyl (C=O) groups is 2. The minimum atomic E-state index is -0.135. The third kappa shape index (κ3) is 3.54. The van der Waals surface area contributed by atoms with Gasteiger partial charge in [0, 0.05) is 28.9 Å². The first-order valence-corrected chi connectivity index (χ1v) is 8.69. The highest BCUT2D eigenvalue weighted by Gasteiger charge is 2.33. The van der Waals surface area contributed by atoms with Crippen molar-refractivity contribution in [2.75, 3.05) is 18.0 Å². The molecule has 0 N–H and O–H groups in total. The van der Waals surface area contributed by atoms with E-state index in [0.717, 1.165) is 16.8 Å². The summed E-state index contributed by atoms with van der Waals surface area (Å²) in [5, 5.41) is 0.630. The zero-order chi connectivity index (χ0) is 18.1. The molecule has 130 valence electrons. The zero-order valence-electron chi connectivity index (χ0n) is 14.6. The Morgan fingerprint density at radius 1 is 1.12 bits per heavy atom. The maximum absolute atomic E-state index is 12.8. The van der Waals surface area contributed by atoms with E-state index in [1.807, 2.05) is 45.0 Å². The number of nitrogens with zero attached hydrogens (tertiary/aromatic N) is 2. The molecule has 1 atom stereocenters. The minimum Gasteiger partial charge on any atom is -0.325 e. The van der Waals surface area contributed by atoms with Crippen LogP contribution in [-0.4, -0.2) is 35.8 Å². The molecule has 0 aliphatic carbocycles. The Bertz CT molecular complexity index is 817. The fraction of sp³-hybridized carbons (Fsp3) is 0.300. The lowest BCUT2D eigenvalue weighted by Crippen LogP contribution is -2.57. The lowest BCUT2D eigenvalue weighted by atomic mass is 10.1. The van der Waals surface area contributed by atoms with Gasteiger partial charge in [-0.15, -0.1) is 0 Å². The molecule has 25 heavy (non-hydrogen) atoms. The molecule has 1 aliphatic rings. The van der Waals surface area contributed by atoms with Crippen LogP contribution >= 0.6 is 11.6 Å². The summed E-state index contributed by atoms with van der Waals surface area (Å²) >= 11 is 6.04. The summed E-state index contributed by atoms with van der Waals surface area (Å²) in [6, 6.07) is 13.0. The van der Waals surface area contributed by atoms with Crippen LogP contribution in [0.3, 0.4) is 0 Å². The van der Waals surface area contributed by atoms with Gasteiger partial charge in [-0.25, -0.2) is 0 Å². The van der Waals surface area contributed by atoms with Gasteiger partial charge in [0.1, 0.15) is 6.54 Å². The smallest absolute Gasteiger partial charge is 0.254 e. The fourth-order valence-corrected chi connectivity index (χ4v) is 3.16. The van der Waals surface area contributed by atoms with Gasteiger partial charge in [0.15, 0.2) is 0 Å². The van der Waals surface area contributed by atoms with Gasteiger partial charge in [-0.1, -0.05) is 29.3 Å². The van der Waals surface area contributed by atoms with E-state index in [0.29, 0.717) is 17.1 Å².